The third-order valence-corrected chi connectivity index (χ3v) is 4.36. The maximum Gasteiger partial charge on any atom is 0.123 e. The van der Waals surface area contributed by atoms with E-state index in [9.17, 15) is 0 Å². The number of hydrogen-bond donors (Lipinski definition) is 1. The summed E-state index contributed by atoms with van der Waals surface area (Å²) in [5.41, 5.74) is 2.41. The van der Waals surface area contributed by atoms with E-state index in [1.165, 1.54) is 11.1 Å². The van der Waals surface area contributed by atoms with Crippen molar-refractivity contribution in [1.82, 2.24) is 5.32 Å². The largest absolute Gasteiger partial charge is 0.491 e. The van der Waals surface area contributed by atoms with E-state index in [1.54, 1.807) is 0 Å². The summed E-state index contributed by atoms with van der Waals surface area (Å²) in [6.07, 6.45) is 2.67. The summed E-state index contributed by atoms with van der Waals surface area (Å²) in [5, 5.41) is 3.49. The zero-order chi connectivity index (χ0) is 18.2. The predicted molar refractivity (Wildman–Crippen MR) is 104 cm³/mol. The number of benzene rings is 2. The van der Waals surface area contributed by atoms with Crippen molar-refractivity contribution in [2.24, 2.45) is 0 Å². The maximum atomic E-state index is 5.99. The van der Waals surface area contributed by atoms with Crippen LogP contribution in [0.1, 0.15) is 37.8 Å². The third-order valence-electron chi connectivity index (χ3n) is 4.36. The first-order valence-electron chi connectivity index (χ1n) is 9.49. The van der Waals surface area contributed by atoms with Crippen LogP contribution in [-0.4, -0.2) is 25.4 Å². The highest BCUT2D eigenvalue weighted by Crippen LogP contribution is 2.20. The number of para-hydroxylation sites is 1. The fourth-order valence-corrected chi connectivity index (χ4v) is 3.05. The van der Waals surface area contributed by atoms with Crippen LogP contribution in [0.5, 0.6) is 11.5 Å². The second kappa shape index (κ2) is 9.60. The fourth-order valence-electron chi connectivity index (χ4n) is 3.05. The molecule has 4 heteroatoms. The summed E-state index contributed by atoms with van der Waals surface area (Å²) < 4.78 is 17.3. The molecule has 2 aromatic carbocycles. The second-order valence-electron chi connectivity index (χ2n) is 6.97. The molecule has 140 valence electrons. The Hall–Kier alpha value is -2.04. The molecule has 1 heterocycles. The Morgan fingerprint density at radius 2 is 1.88 bits per heavy atom. The van der Waals surface area contributed by atoms with Crippen LogP contribution in [-0.2, 0) is 17.8 Å². The Balaban J connectivity index is 1.48. The molecule has 1 aliphatic rings. The molecule has 4 nitrogen and oxygen atoms in total. The third kappa shape index (κ3) is 5.75. The van der Waals surface area contributed by atoms with Crippen LogP contribution in [0, 0.1) is 0 Å². The van der Waals surface area contributed by atoms with Gasteiger partial charge in [-0.3, -0.25) is 0 Å². The molecule has 1 N–H and O–H groups in total. The molecule has 1 aliphatic heterocycles. The standard InChI is InChI=1S/C22H29NO3/c1-17(2)26-20-11-9-18(10-12-20)14-23-15-19-6-3-4-8-22(19)25-16-21-7-5-13-24-21/h3-4,6,8-12,17,21,23H,5,7,13-16H2,1-2H3. The van der Waals surface area contributed by atoms with E-state index in [1.807, 2.05) is 44.2 Å². The molecule has 0 bridgehead atoms. The highest BCUT2D eigenvalue weighted by atomic mass is 16.5. The van der Waals surface area contributed by atoms with Crippen molar-refractivity contribution in [3.8, 4) is 11.5 Å². The Morgan fingerprint density at radius 3 is 2.62 bits per heavy atom. The number of rotatable bonds is 9. The topological polar surface area (TPSA) is 39.7 Å². The highest BCUT2D eigenvalue weighted by molar-refractivity contribution is 5.33. The van der Waals surface area contributed by atoms with Crippen molar-refractivity contribution in [2.45, 2.75) is 52.0 Å². The van der Waals surface area contributed by atoms with Gasteiger partial charge in [-0.25, -0.2) is 0 Å². The number of hydrogen-bond acceptors (Lipinski definition) is 4. The molecule has 3 rings (SSSR count). The lowest BCUT2D eigenvalue weighted by Gasteiger charge is -2.15. The summed E-state index contributed by atoms with van der Waals surface area (Å²) in [5.74, 6) is 1.85. The molecule has 0 aromatic heterocycles. The zero-order valence-corrected chi connectivity index (χ0v) is 15.7. The minimum atomic E-state index is 0.199. The van der Waals surface area contributed by atoms with E-state index in [4.69, 9.17) is 14.2 Å². The molecule has 1 fully saturated rings. The van der Waals surface area contributed by atoms with Gasteiger partial charge in [-0.1, -0.05) is 30.3 Å². The van der Waals surface area contributed by atoms with Gasteiger partial charge in [-0.05, 0) is 50.5 Å². The first-order chi connectivity index (χ1) is 12.7. The Morgan fingerprint density at radius 1 is 1.08 bits per heavy atom. The summed E-state index contributed by atoms with van der Waals surface area (Å²) >= 11 is 0. The Kier molecular flexibility index (Phi) is 6.92. The molecule has 0 spiro atoms. The van der Waals surface area contributed by atoms with Gasteiger partial charge in [-0.15, -0.1) is 0 Å². The van der Waals surface area contributed by atoms with E-state index >= 15 is 0 Å². The quantitative estimate of drug-likeness (QED) is 0.727. The van der Waals surface area contributed by atoms with Crippen LogP contribution >= 0.6 is 0 Å². The molecule has 1 unspecified atom stereocenters. The average Bonchev–Trinajstić information content (AvgIpc) is 3.15. The normalized spacial score (nSPS) is 16.8. The van der Waals surface area contributed by atoms with E-state index in [2.05, 4.69) is 23.5 Å². The molecule has 1 saturated heterocycles. The van der Waals surface area contributed by atoms with Crippen molar-refractivity contribution < 1.29 is 14.2 Å². The number of ether oxygens (including phenoxy) is 3. The SMILES string of the molecule is CC(C)Oc1ccc(CNCc2ccccc2OCC2CCCO2)cc1. The van der Waals surface area contributed by atoms with Crippen molar-refractivity contribution in [3.05, 3.63) is 59.7 Å². The van der Waals surface area contributed by atoms with Gasteiger partial charge < -0.3 is 19.5 Å². The molecule has 0 aliphatic carbocycles. The summed E-state index contributed by atoms with van der Waals surface area (Å²) in [4.78, 5) is 0. The minimum Gasteiger partial charge on any atom is -0.491 e. The second-order valence-corrected chi connectivity index (χ2v) is 6.97. The fraction of sp³-hybridized carbons (Fsp3) is 0.455. The summed E-state index contributed by atoms with van der Waals surface area (Å²) in [6.45, 7) is 7.14. The minimum absolute atomic E-state index is 0.199. The smallest absolute Gasteiger partial charge is 0.123 e. The molecule has 0 radical (unpaired) electrons. The molecule has 0 amide bonds. The van der Waals surface area contributed by atoms with Gasteiger partial charge in [0.05, 0.1) is 12.2 Å². The lowest BCUT2D eigenvalue weighted by molar-refractivity contribution is 0.0676. The van der Waals surface area contributed by atoms with Gasteiger partial charge in [-0.2, -0.15) is 0 Å². The molecule has 2 aromatic rings. The van der Waals surface area contributed by atoms with Crippen molar-refractivity contribution in [2.75, 3.05) is 13.2 Å². The molecular weight excluding hydrogens is 326 g/mol. The van der Waals surface area contributed by atoms with Gasteiger partial charge in [0.25, 0.3) is 0 Å². The van der Waals surface area contributed by atoms with E-state index < -0.39 is 0 Å². The van der Waals surface area contributed by atoms with Crippen LogP contribution in [0.3, 0.4) is 0 Å². The van der Waals surface area contributed by atoms with Gasteiger partial charge in [0.2, 0.25) is 0 Å². The Bertz CT molecular complexity index is 663. The average molecular weight is 355 g/mol. The zero-order valence-electron chi connectivity index (χ0n) is 15.7. The van der Waals surface area contributed by atoms with Crippen LogP contribution < -0.4 is 14.8 Å². The molecule has 1 atom stereocenters. The van der Waals surface area contributed by atoms with Gasteiger partial charge in [0, 0.05) is 25.3 Å². The lowest BCUT2D eigenvalue weighted by Crippen LogP contribution is -2.18. The Labute approximate surface area is 156 Å². The lowest BCUT2D eigenvalue weighted by atomic mass is 10.1. The molecular formula is C22H29NO3. The van der Waals surface area contributed by atoms with Crippen LogP contribution in [0.15, 0.2) is 48.5 Å². The van der Waals surface area contributed by atoms with E-state index in [0.717, 1.165) is 44.0 Å². The van der Waals surface area contributed by atoms with Gasteiger partial charge in [0.15, 0.2) is 0 Å². The predicted octanol–water partition coefficient (Wildman–Crippen LogP) is 4.32. The van der Waals surface area contributed by atoms with E-state index in [0.29, 0.717) is 6.61 Å². The first kappa shape index (κ1) is 18.7. The first-order valence-corrected chi connectivity index (χ1v) is 9.49. The van der Waals surface area contributed by atoms with Gasteiger partial charge >= 0.3 is 0 Å². The molecule has 0 saturated carbocycles. The maximum absolute atomic E-state index is 5.99. The summed E-state index contributed by atoms with van der Waals surface area (Å²) in [6, 6.07) is 16.5. The van der Waals surface area contributed by atoms with Crippen LogP contribution in [0.25, 0.3) is 0 Å². The van der Waals surface area contributed by atoms with Crippen LogP contribution in [0.4, 0.5) is 0 Å². The van der Waals surface area contributed by atoms with E-state index in [-0.39, 0.29) is 12.2 Å². The summed E-state index contributed by atoms with van der Waals surface area (Å²) in [7, 11) is 0. The highest BCUT2D eigenvalue weighted by Gasteiger charge is 2.16. The number of nitrogens with one attached hydrogen (secondary N) is 1. The van der Waals surface area contributed by atoms with Crippen molar-refractivity contribution in [1.29, 1.82) is 0 Å². The van der Waals surface area contributed by atoms with Crippen molar-refractivity contribution >= 4 is 0 Å². The monoisotopic (exact) mass is 355 g/mol. The van der Waals surface area contributed by atoms with Gasteiger partial charge in [0.1, 0.15) is 18.1 Å². The van der Waals surface area contributed by atoms with Crippen molar-refractivity contribution in [3.63, 3.8) is 0 Å². The molecule has 26 heavy (non-hydrogen) atoms. The van der Waals surface area contributed by atoms with Crippen LogP contribution in [0.2, 0.25) is 0 Å².